The topological polar surface area (TPSA) is 74.6 Å². The number of Topliss-reactive ketones (excluding diaryl/α,β-unsaturated/α-hetero) is 1. The molecule has 0 bridgehead atoms. The number of hydrogen-bond donors (Lipinski definition) is 3. The number of carbonyl (C=O) groups is 2. The van der Waals surface area contributed by atoms with Crippen molar-refractivity contribution in [3.05, 3.63) is 29.3 Å². The van der Waals surface area contributed by atoms with E-state index in [0.717, 1.165) is 0 Å². The van der Waals surface area contributed by atoms with Gasteiger partial charge in [-0.05, 0) is 30.2 Å². The third-order valence-corrected chi connectivity index (χ3v) is 3.65. The van der Waals surface area contributed by atoms with Crippen LogP contribution in [0.4, 0.5) is 0 Å². The molecular weight excluding hydrogens is 308 g/mol. The third kappa shape index (κ3) is 3.31. The lowest BCUT2D eigenvalue weighted by Gasteiger charge is -2.15. The number of rotatable bonds is 4. The van der Waals surface area contributed by atoms with Gasteiger partial charge in [0, 0.05) is 4.90 Å². The number of aliphatic carboxylic acids is 1. The molecule has 0 amide bonds. The van der Waals surface area contributed by atoms with Gasteiger partial charge in [-0.2, -0.15) is 0 Å². The molecule has 2 N–H and O–H groups in total. The summed E-state index contributed by atoms with van der Waals surface area (Å²) in [5.41, 5.74) is 0.604. The first-order valence-electron chi connectivity index (χ1n) is 4.72. The van der Waals surface area contributed by atoms with Gasteiger partial charge in [-0.3, -0.25) is 4.79 Å². The van der Waals surface area contributed by atoms with Gasteiger partial charge in [0.2, 0.25) is 0 Å². The molecule has 0 radical (unpaired) electrons. The van der Waals surface area contributed by atoms with Crippen molar-refractivity contribution in [3.63, 3.8) is 0 Å². The number of carboxylic acids is 1. The molecule has 0 saturated carbocycles. The van der Waals surface area contributed by atoms with Crippen molar-refractivity contribution < 1.29 is 19.8 Å². The molecule has 1 rings (SSSR count). The van der Waals surface area contributed by atoms with Crippen molar-refractivity contribution in [2.24, 2.45) is 0 Å². The average molecular weight is 319 g/mol. The van der Waals surface area contributed by atoms with E-state index in [9.17, 15) is 14.7 Å². The molecule has 2 atom stereocenters. The summed E-state index contributed by atoms with van der Waals surface area (Å²) in [5.74, 6) is -1.54. The molecule has 0 saturated heterocycles. The van der Waals surface area contributed by atoms with E-state index in [2.05, 4.69) is 28.6 Å². The Morgan fingerprint density at radius 1 is 1.35 bits per heavy atom. The van der Waals surface area contributed by atoms with Gasteiger partial charge in [0.1, 0.15) is 5.78 Å². The minimum absolute atomic E-state index is 0.169. The summed E-state index contributed by atoms with van der Waals surface area (Å²) in [5, 5.41) is 18.4. The summed E-state index contributed by atoms with van der Waals surface area (Å²) in [6, 6.07) is 4.65. The molecule has 17 heavy (non-hydrogen) atoms. The Hall–Kier alpha value is -0.850. The highest BCUT2D eigenvalue weighted by atomic mass is 79.9. The Morgan fingerprint density at radius 3 is 2.41 bits per heavy atom. The van der Waals surface area contributed by atoms with E-state index in [0.29, 0.717) is 10.5 Å². The molecule has 1 aromatic rings. The number of aliphatic hydroxyl groups excluding tert-OH is 1. The maximum absolute atomic E-state index is 11.3. The predicted molar refractivity (Wildman–Crippen MR) is 68.6 cm³/mol. The summed E-state index contributed by atoms with van der Waals surface area (Å²) in [4.78, 5) is 21.9. The van der Waals surface area contributed by atoms with Crippen LogP contribution in [0.1, 0.15) is 29.0 Å². The van der Waals surface area contributed by atoms with E-state index >= 15 is 0 Å². The number of hydrogen-bond acceptors (Lipinski definition) is 4. The standard InChI is InChI=1S/C11H11BrO4S/c1-5(13)9(12)7-3-2-6(17)4-8(7)10(14)11(15)16/h2-4,9-10,14,17H,1H3,(H,15,16). The zero-order valence-electron chi connectivity index (χ0n) is 8.92. The maximum atomic E-state index is 11.3. The first-order chi connectivity index (χ1) is 7.84. The van der Waals surface area contributed by atoms with Crippen molar-refractivity contribution in [1.82, 2.24) is 0 Å². The number of carbonyl (C=O) groups excluding carboxylic acids is 1. The van der Waals surface area contributed by atoms with Crippen molar-refractivity contribution in [2.45, 2.75) is 22.8 Å². The first-order valence-corrected chi connectivity index (χ1v) is 6.09. The zero-order chi connectivity index (χ0) is 13.2. The lowest BCUT2D eigenvalue weighted by atomic mass is 9.98. The molecule has 4 nitrogen and oxygen atoms in total. The average Bonchev–Trinajstić information content (AvgIpc) is 2.26. The number of halogens is 1. The van der Waals surface area contributed by atoms with Crippen LogP contribution < -0.4 is 0 Å². The Morgan fingerprint density at radius 2 is 1.94 bits per heavy atom. The molecule has 92 valence electrons. The third-order valence-electron chi connectivity index (χ3n) is 2.23. The minimum atomic E-state index is -1.67. The Bertz CT molecular complexity index is 461. The van der Waals surface area contributed by atoms with Crippen LogP contribution in [-0.2, 0) is 9.59 Å². The van der Waals surface area contributed by atoms with Crippen molar-refractivity contribution in [2.75, 3.05) is 0 Å². The zero-order valence-corrected chi connectivity index (χ0v) is 11.4. The van der Waals surface area contributed by atoms with Crippen LogP contribution in [0, 0.1) is 0 Å². The molecule has 0 spiro atoms. The van der Waals surface area contributed by atoms with E-state index < -0.39 is 16.9 Å². The molecule has 0 aliphatic heterocycles. The molecule has 6 heteroatoms. The summed E-state index contributed by atoms with van der Waals surface area (Å²) >= 11 is 7.24. The van der Waals surface area contributed by atoms with Crippen LogP contribution in [0.3, 0.4) is 0 Å². The van der Waals surface area contributed by atoms with Crippen LogP contribution in [-0.4, -0.2) is 22.0 Å². The quantitative estimate of drug-likeness (QED) is 0.587. The molecule has 2 unspecified atom stereocenters. The highest BCUT2D eigenvalue weighted by molar-refractivity contribution is 9.09. The fourth-order valence-corrected chi connectivity index (χ4v) is 2.01. The van der Waals surface area contributed by atoms with Crippen LogP contribution in [0.5, 0.6) is 0 Å². The first kappa shape index (κ1) is 14.2. The van der Waals surface area contributed by atoms with Gasteiger partial charge >= 0.3 is 5.97 Å². The highest BCUT2D eigenvalue weighted by Gasteiger charge is 2.24. The van der Waals surface area contributed by atoms with E-state index in [4.69, 9.17) is 5.11 Å². The van der Waals surface area contributed by atoms with E-state index in [-0.39, 0.29) is 11.3 Å². The molecule has 0 aliphatic rings. The molecule has 0 fully saturated rings. The van der Waals surface area contributed by atoms with E-state index in [1.807, 2.05) is 0 Å². The Balaban J connectivity index is 3.30. The molecule has 0 heterocycles. The Kier molecular flexibility index (Phi) is 4.73. The van der Waals surface area contributed by atoms with E-state index in [1.54, 1.807) is 12.1 Å². The van der Waals surface area contributed by atoms with Gasteiger partial charge in [-0.25, -0.2) is 4.79 Å². The molecule has 0 aliphatic carbocycles. The van der Waals surface area contributed by atoms with Crippen molar-refractivity contribution in [1.29, 1.82) is 0 Å². The number of thiol groups is 1. The number of ketones is 1. The molecular formula is C11H11BrO4S. The SMILES string of the molecule is CC(=O)C(Br)c1ccc(S)cc1C(O)C(=O)O. The van der Waals surface area contributed by atoms with Gasteiger partial charge in [-0.1, -0.05) is 22.0 Å². The smallest absolute Gasteiger partial charge is 0.337 e. The predicted octanol–water partition coefficient (Wildman–Crippen LogP) is 2.12. The van der Waals surface area contributed by atoms with Crippen LogP contribution in [0.2, 0.25) is 0 Å². The van der Waals surface area contributed by atoms with Gasteiger partial charge in [0.15, 0.2) is 6.10 Å². The molecule has 0 aromatic heterocycles. The normalized spacial score (nSPS) is 14.1. The second-order valence-electron chi connectivity index (χ2n) is 3.53. The summed E-state index contributed by atoms with van der Waals surface area (Å²) in [6.07, 6.45) is -1.67. The number of benzene rings is 1. The highest BCUT2D eigenvalue weighted by Crippen LogP contribution is 2.32. The fraction of sp³-hybridized carbons (Fsp3) is 0.273. The van der Waals surface area contributed by atoms with Gasteiger partial charge in [0.25, 0.3) is 0 Å². The van der Waals surface area contributed by atoms with Crippen LogP contribution >= 0.6 is 28.6 Å². The van der Waals surface area contributed by atoms with Crippen molar-refractivity contribution in [3.8, 4) is 0 Å². The fourth-order valence-electron chi connectivity index (χ4n) is 1.38. The summed E-state index contributed by atoms with van der Waals surface area (Å²) in [7, 11) is 0. The summed E-state index contributed by atoms with van der Waals surface area (Å²) in [6.45, 7) is 1.38. The molecule has 1 aromatic carbocycles. The number of carboxylic acid groups (broad SMARTS) is 1. The number of aliphatic hydroxyl groups is 1. The second kappa shape index (κ2) is 5.66. The largest absolute Gasteiger partial charge is 0.479 e. The monoisotopic (exact) mass is 318 g/mol. The van der Waals surface area contributed by atoms with Gasteiger partial charge in [0.05, 0.1) is 4.83 Å². The minimum Gasteiger partial charge on any atom is -0.479 e. The lowest BCUT2D eigenvalue weighted by Crippen LogP contribution is -2.15. The van der Waals surface area contributed by atoms with Crippen molar-refractivity contribution >= 4 is 40.3 Å². The Labute approximate surface area is 112 Å². The van der Waals surface area contributed by atoms with Gasteiger partial charge < -0.3 is 10.2 Å². The van der Waals surface area contributed by atoms with Gasteiger partial charge in [-0.15, -0.1) is 12.6 Å². The van der Waals surface area contributed by atoms with Crippen LogP contribution in [0.25, 0.3) is 0 Å². The second-order valence-corrected chi connectivity index (χ2v) is 4.96. The number of alkyl halides is 1. The van der Waals surface area contributed by atoms with Crippen LogP contribution in [0.15, 0.2) is 23.1 Å². The van der Waals surface area contributed by atoms with E-state index in [1.165, 1.54) is 13.0 Å². The lowest BCUT2D eigenvalue weighted by molar-refractivity contribution is -0.147. The summed E-state index contributed by atoms with van der Waals surface area (Å²) < 4.78 is 0. The maximum Gasteiger partial charge on any atom is 0.337 e.